The van der Waals surface area contributed by atoms with E-state index in [2.05, 4.69) is 54.6 Å². The predicted molar refractivity (Wildman–Crippen MR) is 109 cm³/mol. The Hall–Kier alpha value is -2.86. The molecular weight excluding hydrogens is 360 g/mol. The zero-order chi connectivity index (χ0) is 18.5. The molecule has 0 amide bonds. The van der Waals surface area contributed by atoms with E-state index in [1.807, 2.05) is 30.3 Å². The summed E-state index contributed by atoms with van der Waals surface area (Å²) in [4.78, 5) is 9.19. The van der Waals surface area contributed by atoms with E-state index < -0.39 is 0 Å². The van der Waals surface area contributed by atoms with Crippen LogP contribution in [0.25, 0.3) is 0 Å². The number of rotatable bonds is 5. The van der Waals surface area contributed by atoms with Gasteiger partial charge in [0.2, 0.25) is 5.95 Å². The van der Waals surface area contributed by atoms with E-state index in [-0.39, 0.29) is 0 Å². The predicted octanol–water partition coefficient (Wildman–Crippen LogP) is 3.46. The monoisotopic (exact) mass is 380 g/mol. The maximum atomic E-state index is 5.93. The molecule has 0 bridgehead atoms. The van der Waals surface area contributed by atoms with E-state index in [0.717, 1.165) is 42.6 Å². The second-order valence-electron chi connectivity index (χ2n) is 6.43. The van der Waals surface area contributed by atoms with Crippen molar-refractivity contribution in [3.63, 3.8) is 0 Å². The van der Waals surface area contributed by atoms with Crippen molar-refractivity contribution in [1.82, 2.24) is 15.2 Å². The van der Waals surface area contributed by atoms with Crippen LogP contribution in [-0.4, -0.2) is 41.4 Å². The van der Waals surface area contributed by atoms with Gasteiger partial charge in [-0.05, 0) is 29.8 Å². The molecule has 2 aromatic carbocycles. The molecule has 1 saturated heterocycles. The van der Waals surface area contributed by atoms with Gasteiger partial charge in [-0.2, -0.15) is 10.1 Å². The van der Waals surface area contributed by atoms with Crippen LogP contribution in [-0.2, 0) is 6.54 Å². The second kappa shape index (κ2) is 8.22. The molecule has 0 unspecified atom stereocenters. The van der Waals surface area contributed by atoms with Crippen LogP contribution in [0.15, 0.2) is 60.8 Å². The van der Waals surface area contributed by atoms with Crippen LogP contribution in [0.3, 0.4) is 0 Å². The molecule has 27 heavy (non-hydrogen) atoms. The third kappa shape index (κ3) is 4.46. The van der Waals surface area contributed by atoms with Crippen molar-refractivity contribution >= 4 is 29.1 Å². The van der Waals surface area contributed by atoms with Gasteiger partial charge in [0, 0.05) is 43.4 Å². The van der Waals surface area contributed by atoms with Gasteiger partial charge in [0.15, 0.2) is 5.82 Å². The Morgan fingerprint density at radius 1 is 0.889 bits per heavy atom. The maximum Gasteiger partial charge on any atom is 0.247 e. The molecule has 0 atom stereocenters. The highest BCUT2D eigenvalue weighted by Gasteiger charge is 2.19. The number of anilines is 3. The van der Waals surface area contributed by atoms with Gasteiger partial charge in [-0.3, -0.25) is 0 Å². The first-order valence-corrected chi connectivity index (χ1v) is 9.39. The quantitative estimate of drug-likeness (QED) is 0.731. The van der Waals surface area contributed by atoms with E-state index in [1.165, 1.54) is 5.69 Å². The summed E-state index contributed by atoms with van der Waals surface area (Å²) in [5.74, 6) is 1.39. The highest BCUT2D eigenvalue weighted by atomic mass is 35.5. The summed E-state index contributed by atoms with van der Waals surface area (Å²) in [5, 5.41) is 12.4. The van der Waals surface area contributed by atoms with E-state index >= 15 is 0 Å². The van der Waals surface area contributed by atoms with Crippen LogP contribution in [0.4, 0.5) is 17.5 Å². The molecule has 1 fully saturated rings. The van der Waals surface area contributed by atoms with E-state index in [4.69, 9.17) is 11.6 Å². The largest absolute Gasteiger partial charge is 0.368 e. The molecule has 1 N–H and O–H groups in total. The molecule has 7 heteroatoms. The fourth-order valence-corrected chi connectivity index (χ4v) is 3.24. The van der Waals surface area contributed by atoms with Crippen LogP contribution in [0.1, 0.15) is 5.56 Å². The van der Waals surface area contributed by atoms with Crippen molar-refractivity contribution in [3.05, 3.63) is 71.4 Å². The first-order chi connectivity index (χ1) is 13.3. The molecule has 1 aromatic heterocycles. The molecule has 6 nitrogen and oxygen atoms in total. The van der Waals surface area contributed by atoms with Crippen LogP contribution in [0, 0.1) is 0 Å². The Morgan fingerprint density at radius 2 is 1.59 bits per heavy atom. The summed E-state index contributed by atoms with van der Waals surface area (Å²) in [7, 11) is 0. The molecule has 4 rings (SSSR count). The summed E-state index contributed by atoms with van der Waals surface area (Å²) in [6.07, 6.45) is 1.65. The van der Waals surface area contributed by atoms with Gasteiger partial charge in [0.05, 0.1) is 6.20 Å². The van der Waals surface area contributed by atoms with Crippen molar-refractivity contribution in [2.24, 2.45) is 0 Å². The molecule has 0 aliphatic carbocycles. The minimum absolute atomic E-state index is 0.664. The number of benzene rings is 2. The summed E-state index contributed by atoms with van der Waals surface area (Å²) < 4.78 is 0. The molecule has 0 radical (unpaired) electrons. The molecule has 138 valence electrons. The summed E-state index contributed by atoms with van der Waals surface area (Å²) in [6.45, 7) is 4.29. The lowest BCUT2D eigenvalue weighted by Crippen LogP contribution is -2.47. The number of hydrogen-bond acceptors (Lipinski definition) is 6. The van der Waals surface area contributed by atoms with Crippen molar-refractivity contribution < 1.29 is 0 Å². The van der Waals surface area contributed by atoms with Gasteiger partial charge in [-0.1, -0.05) is 41.9 Å². The fraction of sp³-hybridized carbons (Fsp3) is 0.250. The Bertz CT molecular complexity index is 863. The molecular formula is C20H21ClN6. The average molecular weight is 381 g/mol. The molecule has 1 aliphatic rings. The molecule has 3 aromatic rings. The normalized spacial score (nSPS) is 14.3. The number of piperazine rings is 1. The number of aromatic nitrogens is 3. The van der Waals surface area contributed by atoms with E-state index in [9.17, 15) is 0 Å². The number of para-hydroxylation sites is 1. The Morgan fingerprint density at radius 3 is 2.33 bits per heavy atom. The molecule has 1 aliphatic heterocycles. The SMILES string of the molecule is Clc1ccc(CNc2cnnc(N3CCN(c4ccccc4)CC3)n2)cc1. The topological polar surface area (TPSA) is 57.2 Å². The van der Waals surface area contributed by atoms with Crippen LogP contribution in [0.5, 0.6) is 0 Å². The minimum Gasteiger partial charge on any atom is -0.368 e. The average Bonchev–Trinajstić information content (AvgIpc) is 2.74. The minimum atomic E-state index is 0.664. The zero-order valence-electron chi connectivity index (χ0n) is 14.9. The molecule has 0 spiro atoms. The van der Waals surface area contributed by atoms with Gasteiger partial charge in [-0.15, -0.1) is 5.10 Å². The van der Waals surface area contributed by atoms with Crippen molar-refractivity contribution in [3.8, 4) is 0 Å². The van der Waals surface area contributed by atoms with Crippen molar-refractivity contribution in [1.29, 1.82) is 0 Å². The smallest absolute Gasteiger partial charge is 0.247 e. The Balaban J connectivity index is 1.36. The van der Waals surface area contributed by atoms with Gasteiger partial charge in [0.1, 0.15) is 0 Å². The summed E-state index contributed by atoms with van der Waals surface area (Å²) in [5.41, 5.74) is 2.39. The zero-order valence-corrected chi connectivity index (χ0v) is 15.7. The van der Waals surface area contributed by atoms with E-state index in [1.54, 1.807) is 6.20 Å². The summed E-state index contributed by atoms with van der Waals surface area (Å²) in [6, 6.07) is 18.2. The first-order valence-electron chi connectivity index (χ1n) is 9.01. The lowest BCUT2D eigenvalue weighted by molar-refractivity contribution is 0.635. The number of nitrogens with one attached hydrogen (secondary N) is 1. The number of nitrogens with zero attached hydrogens (tertiary/aromatic N) is 5. The highest BCUT2D eigenvalue weighted by molar-refractivity contribution is 6.30. The summed E-state index contributed by atoms with van der Waals surface area (Å²) >= 11 is 5.93. The molecule has 0 saturated carbocycles. The lowest BCUT2D eigenvalue weighted by atomic mass is 10.2. The Kier molecular flexibility index (Phi) is 5.34. The Labute approximate surface area is 163 Å². The van der Waals surface area contributed by atoms with E-state index in [0.29, 0.717) is 12.5 Å². The number of hydrogen-bond donors (Lipinski definition) is 1. The van der Waals surface area contributed by atoms with Crippen molar-refractivity contribution in [2.75, 3.05) is 41.3 Å². The van der Waals surface area contributed by atoms with Crippen LogP contribution >= 0.6 is 11.6 Å². The second-order valence-corrected chi connectivity index (χ2v) is 6.87. The maximum absolute atomic E-state index is 5.93. The first kappa shape index (κ1) is 17.5. The van der Waals surface area contributed by atoms with Crippen LogP contribution in [0.2, 0.25) is 5.02 Å². The van der Waals surface area contributed by atoms with Crippen molar-refractivity contribution in [2.45, 2.75) is 6.54 Å². The van der Waals surface area contributed by atoms with Gasteiger partial charge >= 0.3 is 0 Å². The number of halogens is 1. The molecule has 2 heterocycles. The third-order valence-corrected chi connectivity index (χ3v) is 4.87. The van der Waals surface area contributed by atoms with Crippen LogP contribution < -0.4 is 15.1 Å². The standard InChI is InChI=1S/C20H21ClN6/c21-17-8-6-16(7-9-17)14-22-19-15-23-25-20(24-19)27-12-10-26(11-13-27)18-4-2-1-3-5-18/h1-9,15H,10-14H2,(H,22,24,25). The highest BCUT2D eigenvalue weighted by Crippen LogP contribution is 2.18. The third-order valence-electron chi connectivity index (χ3n) is 4.62. The van der Waals surface area contributed by atoms with Gasteiger partial charge in [-0.25, -0.2) is 0 Å². The van der Waals surface area contributed by atoms with Gasteiger partial charge in [0.25, 0.3) is 0 Å². The van der Waals surface area contributed by atoms with Gasteiger partial charge < -0.3 is 15.1 Å². The lowest BCUT2D eigenvalue weighted by Gasteiger charge is -2.35. The fourth-order valence-electron chi connectivity index (χ4n) is 3.11.